The van der Waals surface area contributed by atoms with Crippen molar-refractivity contribution in [3.8, 4) is 5.69 Å². The van der Waals surface area contributed by atoms with Crippen LogP contribution in [0.25, 0.3) is 5.69 Å². The molecule has 0 aliphatic rings. The molecule has 0 aliphatic carbocycles. The van der Waals surface area contributed by atoms with Gasteiger partial charge in [0.15, 0.2) is 0 Å². The van der Waals surface area contributed by atoms with Crippen LogP contribution in [0.4, 0.5) is 5.82 Å². The van der Waals surface area contributed by atoms with Gasteiger partial charge in [-0.15, -0.1) is 5.10 Å². The van der Waals surface area contributed by atoms with E-state index in [0.717, 1.165) is 22.9 Å². The Morgan fingerprint density at radius 2 is 1.90 bits per heavy atom. The van der Waals surface area contributed by atoms with Crippen molar-refractivity contribution in [3.05, 3.63) is 66.1 Å². The number of nitrogens with zero attached hydrogens (tertiary/aromatic N) is 4. The van der Waals surface area contributed by atoms with E-state index >= 15 is 0 Å². The number of hydrogen-bond donors (Lipinski definition) is 1. The topological polar surface area (TPSA) is 55.6 Å². The summed E-state index contributed by atoms with van der Waals surface area (Å²) < 4.78 is 1.76. The van der Waals surface area contributed by atoms with Crippen LogP contribution in [0.5, 0.6) is 0 Å². The third-order valence-electron chi connectivity index (χ3n) is 2.90. The number of benzene rings is 1. The number of para-hydroxylation sites is 1. The molecule has 3 rings (SSSR count). The van der Waals surface area contributed by atoms with E-state index in [0.29, 0.717) is 6.54 Å². The predicted octanol–water partition coefficient (Wildman–Crippen LogP) is 2.58. The molecule has 2 heterocycles. The average Bonchev–Trinajstić information content (AvgIpc) is 2.95. The standard InChI is InChI=1S/C15H15N5/c1-12-6-5-9-15(17-12)16-10-13-11-20(19-18-13)14-7-3-2-4-8-14/h2-9,11H,10H2,1H3,(H,16,17). The van der Waals surface area contributed by atoms with Crippen LogP contribution < -0.4 is 5.32 Å². The molecule has 100 valence electrons. The maximum absolute atomic E-state index is 4.39. The largest absolute Gasteiger partial charge is 0.364 e. The smallest absolute Gasteiger partial charge is 0.126 e. The predicted molar refractivity (Wildman–Crippen MR) is 77.7 cm³/mol. The number of pyridine rings is 1. The lowest BCUT2D eigenvalue weighted by atomic mass is 10.3. The third kappa shape index (κ3) is 2.83. The minimum absolute atomic E-state index is 0.600. The van der Waals surface area contributed by atoms with Gasteiger partial charge in [0.05, 0.1) is 18.4 Å². The van der Waals surface area contributed by atoms with E-state index in [4.69, 9.17) is 0 Å². The number of rotatable bonds is 4. The molecule has 1 aromatic carbocycles. The van der Waals surface area contributed by atoms with Gasteiger partial charge in [0.25, 0.3) is 0 Å². The second-order valence-electron chi connectivity index (χ2n) is 4.51. The van der Waals surface area contributed by atoms with E-state index < -0.39 is 0 Å². The van der Waals surface area contributed by atoms with Gasteiger partial charge in [-0.25, -0.2) is 9.67 Å². The van der Waals surface area contributed by atoms with E-state index in [1.54, 1.807) is 4.68 Å². The molecule has 20 heavy (non-hydrogen) atoms. The molecule has 0 unspecified atom stereocenters. The molecule has 5 heteroatoms. The molecule has 0 amide bonds. The van der Waals surface area contributed by atoms with Crippen LogP contribution in [0.15, 0.2) is 54.7 Å². The second kappa shape index (κ2) is 5.52. The van der Waals surface area contributed by atoms with Crippen LogP contribution in [0.2, 0.25) is 0 Å². The monoisotopic (exact) mass is 265 g/mol. The van der Waals surface area contributed by atoms with Crippen molar-refractivity contribution in [2.24, 2.45) is 0 Å². The fourth-order valence-corrected chi connectivity index (χ4v) is 1.91. The van der Waals surface area contributed by atoms with Gasteiger partial charge in [-0.05, 0) is 31.2 Å². The number of aryl methyl sites for hydroxylation is 1. The Hall–Kier alpha value is -2.69. The van der Waals surface area contributed by atoms with Crippen molar-refractivity contribution in [2.75, 3.05) is 5.32 Å². The number of anilines is 1. The maximum atomic E-state index is 4.39. The highest BCUT2D eigenvalue weighted by molar-refractivity contribution is 5.36. The van der Waals surface area contributed by atoms with Crippen LogP contribution >= 0.6 is 0 Å². The minimum atomic E-state index is 0.600. The summed E-state index contributed by atoms with van der Waals surface area (Å²) in [5, 5.41) is 11.5. The van der Waals surface area contributed by atoms with E-state index in [1.807, 2.05) is 61.7 Å². The molecule has 1 N–H and O–H groups in total. The van der Waals surface area contributed by atoms with E-state index in [1.165, 1.54) is 0 Å². The quantitative estimate of drug-likeness (QED) is 0.787. The normalized spacial score (nSPS) is 10.4. The van der Waals surface area contributed by atoms with Crippen LogP contribution in [0.3, 0.4) is 0 Å². The summed E-state index contributed by atoms with van der Waals surface area (Å²) in [5.41, 5.74) is 2.86. The molecule has 0 aliphatic heterocycles. The van der Waals surface area contributed by atoms with Crippen LogP contribution in [0, 0.1) is 6.92 Å². The van der Waals surface area contributed by atoms with Gasteiger partial charge in [-0.1, -0.05) is 29.5 Å². The highest BCUT2D eigenvalue weighted by atomic mass is 15.4. The Morgan fingerprint density at radius 1 is 1.05 bits per heavy atom. The molecular formula is C15H15N5. The fourth-order valence-electron chi connectivity index (χ4n) is 1.91. The van der Waals surface area contributed by atoms with E-state index in [2.05, 4.69) is 20.6 Å². The van der Waals surface area contributed by atoms with Crippen molar-refractivity contribution in [1.29, 1.82) is 0 Å². The Bertz CT molecular complexity index is 690. The zero-order valence-corrected chi connectivity index (χ0v) is 11.2. The SMILES string of the molecule is Cc1cccc(NCc2cn(-c3ccccc3)nn2)n1. The highest BCUT2D eigenvalue weighted by Gasteiger charge is 2.02. The number of nitrogens with one attached hydrogen (secondary N) is 1. The fraction of sp³-hybridized carbons (Fsp3) is 0.133. The van der Waals surface area contributed by atoms with Crippen molar-refractivity contribution >= 4 is 5.82 Å². The first kappa shape index (κ1) is 12.3. The molecule has 0 saturated carbocycles. The second-order valence-corrected chi connectivity index (χ2v) is 4.51. The summed E-state index contributed by atoms with van der Waals surface area (Å²) in [5.74, 6) is 0.847. The summed E-state index contributed by atoms with van der Waals surface area (Å²) in [6, 6.07) is 15.8. The van der Waals surface area contributed by atoms with Gasteiger partial charge in [0.1, 0.15) is 11.5 Å². The van der Waals surface area contributed by atoms with Crippen molar-refractivity contribution in [1.82, 2.24) is 20.0 Å². The molecule has 0 fully saturated rings. The molecular weight excluding hydrogens is 250 g/mol. The van der Waals surface area contributed by atoms with Crippen molar-refractivity contribution in [3.63, 3.8) is 0 Å². The zero-order chi connectivity index (χ0) is 13.8. The van der Waals surface area contributed by atoms with Gasteiger partial charge in [-0.2, -0.15) is 0 Å². The number of hydrogen-bond acceptors (Lipinski definition) is 4. The third-order valence-corrected chi connectivity index (χ3v) is 2.90. The van der Waals surface area contributed by atoms with Crippen LogP contribution in [0.1, 0.15) is 11.4 Å². The minimum Gasteiger partial charge on any atom is -0.364 e. The molecule has 2 aromatic heterocycles. The first-order valence-electron chi connectivity index (χ1n) is 6.45. The molecule has 0 radical (unpaired) electrons. The molecule has 0 bridgehead atoms. The van der Waals surface area contributed by atoms with Crippen molar-refractivity contribution < 1.29 is 0 Å². The Labute approximate surface area is 117 Å². The molecule has 5 nitrogen and oxygen atoms in total. The first-order valence-corrected chi connectivity index (χ1v) is 6.45. The van der Waals surface area contributed by atoms with Gasteiger partial charge < -0.3 is 5.32 Å². The lowest BCUT2D eigenvalue weighted by Crippen LogP contribution is -2.02. The van der Waals surface area contributed by atoms with Crippen LogP contribution in [-0.4, -0.2) is 20.0 Å². The number of aromatic nitrogens is 4. The van der Waals surface area contributed by atoms with E-state index in [9.17, 15) is 0 Å². The lowest BCUT2D eigenvalue weighted by molar-refractivity contribution is 0.798. The summed E-state index contributed by atoms with van der Waals surface area (Å²) >= 11 is 0. The maximum Gasteiger partial charge on any atom is 0.126 e. The summed E-state index contributed by atoms with van der Waals surface area (Å²) in [6.45, 7) is 2.57. The Kier molecular flexibility index (Phi) is 3.41. The summed E-state index contributed by atoms with van der Waals surface area (Å²) in [6.07, 6.45) is 1.91. The van der Waals surface area contributed by atoms with Crippen LogP contribution in [-0.2, 0) is 6.54 Å². The van der Waals surface area contributed by atoms with Gasteiger partial charge in [0.2, 0.25) is 0 Å². The highest BCUT2D eigenvalue weighted by Crippen LogP contribution is 2.08. The summed E-state index contributed by atoms with van der Waals surface area (Å²) in [7, 11) is 0. The Morgan fingerprint density at radius 3 is 2.70 bits per heavy atom. The van der Waals surface area contributed by atoms with E-state index in [-0.39, 0.29) is 0 Å². The van der Waals surface area contributed by atoms with Gasteiger partial charge in [0, 0.05) is 5.69 Å². The Balaban J connectivity index is 1.69. The summed E-state index contributed by atoms with van der Waals surface area (Å²) in [4.78, 5) is 4.39. The lowest BCUT2D eigenvalue weighted by Gasteiger charge is -2.03. The van der Waals surface area contributed by atoms with Gasteiger partial charge in [-0.3, -0.25) is 0 Å². The molecule has 3 aromatic rings. The zero-order valence-electron chi connectivity index (χ0n) is 11.2. The molecule has 0 saturated heterocycles. The van der Waals surface area contributed by atoms with Crippen molar-refractivity contribution in [2.45, 2.75) is 13.5 Å². The average molecular weight is 265 g/mol. The van der Waals surface area contributed by atoms with Gasteiger partial charge >= 0.3 is 0 Å². The first-order chi connectivity index (χ1) is 9.81. The molecule has 0 atom stereocenters. The molecule has 0 spiro atoms.